The van der Waals surface area contributed by atoms with Gasteiger partial charge in [-0.25, -0.2) is 4.98 Å². The molecule has 0 aliphatic carbocycles. The van der Waals surface area contributed by atoms with E-state index < -0.39 is 5.60 Å². The van der Waals surface area contributed by atoms with Gasteiger partial charge >= 0.3 is 0 Å². The van der Waals surface area contributed by atoms with Crippen LogP contribution in [-0.2, 0) is 4.79 Å². The van der Waals surface area contributed by atoms with Crippen molar-refractivity contribution in [2.45, 2.75) is 26.4 Å². The maximum atomic E-state index is 13.1. The molecule has 186 valence electrons. The van der Waals surface area contributed by atoms with Gasteiger partial charge in [0.25, 0.3) is 5.91 Å². The zero-order valence-corrected chi connectivity index (χ0v) is 21.6. The summed E-state index contributed by atoms with van der Waals surface area (Å²) in [6, 6.07) is 29.8. The van der Waals surface area contributed by atoms with Crippen LogP contribution in [0.1, 0.15) is 29.8 Å². The Kier molecular flexibility index (Phi) is 7.85. The molecular formula is C31H27ClN2O3. The molecule has 0 fully saturated rings. The number of benzene rings is 4. The maximum absolute atomic E-state index is 13.1. The molecule has 0 aliphatic heterocycles. The summed E-state index contributed by atoms with van der Waals surface area (Å²) in [4.78, 5) is 28.6. The van der Waals surface area contributed by atoms with Gasteiger partial charge in [-0.1, -0.05) is 65.7 Å². The van der Waals surface area contributed by atoms with E-state index in [1.807, 2.05) is 79.7 Å². The topological polar surface area (TPSA) is 68.3 Å². The van der Waals surface area contributed by atoms with Crippen molar-refractivity contribution in [2.24, 2.45) is 0 Å². The van der Waals surface area contributed by atoms with Crippen molar-refractivity contribution in [3.8, 4) is 5.75 Å². The molecule has 1 aromatic heterocycles. The Bertz CT molecular complexity index is 1470. The van der Waals surface area contributed by atoms with Crippen molar-refractivity contribution in [3.05, 3.63) is 113 Å². The van der Waals surface area contributed by atoms with Gasteiger partial charge in [0, 0.05) is 21.4 Å². The van der Waals surface area contributed by atoms with Crippen molar-refractivity contribution in [1.29, 1.82) is 0 Å². The number of nitrogens with zero attached hydrogens (tertiary/aromatic N) is 1. The van der Waals surface area contributed by atoms with Crippen molar-refractivity contribution in [1.82, 2.24) is 4.98 Å². The zero-order valence-electron chi connectivity index (χ0n) is 20.9. The van der Waals surface area contributed by atoms with E-state index in [0.717, 1.165) is 33.1 Å². The number of ether oxygens (including phenoxy) is 1. The molecule has 1 heterocycles. The minimum Gasteiger partial charge on any atom is -0.478 e. The van der Waals surface area contributed by atoms with Crippen molar-refractivity contribution < 1.29 is 14.3 Å². The zero-order chi connectivity index (χ0) is 26.4. The number of para-hydroxylation sites is 2. The van der Waals surface area contributed by atoms with E-state index in [0.29, 0.717) is 17.0 Å². The second-order valence-corrected chi connectivity index (χ2v) is 9.51. The summed E-state index contributed by atoms with van der Waals surface area (Å²) in [5.74, 6) is 0.235. The molecule has 0 atom stereocenters. The fraction of sp³-hybridized carbons (Fsp3) is 0.129. The second kappa shape index (κ2) is 11.2. The summed E-state index contributed by atoms with van der Waals surface area (Å²) in [5, 5.41) is 5.59. The van der Waals surface area contributed by atoms with E-state index >= 15 is 0 Å². The third-order valence-corrected chi connectivity index (χ3v) is 6.03. The summed E-state index contributed by atoms with van der Waals surface area (Å²) < 4.78 is 5.92. The van der Waals surface area contributed by atoms with Gasteiger partial charge in [-0.15, -0.1) is 0 Å². The van der Waals surface area contributed by atoms with Crippen LogP contribution in [0.4, 0.5) is 5.69 Å². The molecule has 37 heavy (non-hydrogen) atoms. The highest BCUT2D eigenvalue weighted by Gasteiger charge is 2.31. The Morgan fingerprint density at radius 2 is 1.38 bits per heavy atom. The molecule has 0 radical (unpaired) electrons. The molecule has 0 saturated carbocycles. The van der Waals surface area contributed by atoms with E-state index in [4.69, 9.17) is 16.3 Å². The van der Waals surface area contributed by atoms with E-state index in [-0.39, 0.29) is 5.91 Å². The standard InChI is InChI=1S/C24H20N2O3.C7H7Cl/c1-24(2,29-17-13-11-16(15-27)12-14-17)23(28)26-22-18-7-3-5-9-20(18)25-21-10-6-4-8-19(21)22;1-6-2-4-7(8)5-3-6/h3-15H,1-2H3,(H,25,26,28);2-5H,1H3. The lowest BCUT2D eigenvalue weighted by Gasteiger charge is -2.26. The quantitative estimate of drug-likeness (QED) is 0.195. The van der Waals surface area contributed by atoms with Crippen LogP contribution in [-0.4, -0.2) is 22.8 Å². The number of pyridine rings is 1. The first-order valence-corrected chi connectivity index (χ1v) is 12.2. The van der Waals surface area contributed by atoms with Crippen LogP contribution in [0.15, 0.2) is 97.1 Å². The number of amides is 1. The number of aryl methyl sites for hydroxylation is 1. The minimum absolute atomic E-state index is 0.279. The fourth-order valence-corrected chi connectivity index (χ4v) is 3.85. The number of anilines is 1. The fourth-order valence-electron chi connectivity index (χ4n) is 3.73. The van der Waals surface area contributed by atoms with Crippen LogP contribution >= 0.6 is 11.6 Å². The Balaban J connectivity index is 0.000000342. The average Bonchev–Trinajstić information content (AvgIpc) is 2.90. The van der Waals surface area contributed by atoms with Crippen LogP contribution < -0.4 is 10.1 Å². The number of fused-ring (bicyclic) bond motifs is 2. The van der Waals surface area contributed by atoms with E-state index in [1.165, 1.54) is 5.56 Å². The number of carbonyl (C=O) groups excluding carboxylic acids is 2. The molecule has 4 aromatic carbocycles. The number of rotatable bonds is 5. The summed E-state index contributed by atoms with van der Waals surface area (Å²) >= 11 is 5.61. The molecule has 0 aliphatic rings. The normalized spacial score (nSPS) is 10.9. The molecule has 1 amide bonds. The number of aromatic nitrogens is 1. The SMILES string of the molecule is CC(C)(Oc1ccc(C=O)cc1)C(=O)Nc1c2ccccc2nc2ccccc12.Cc1ccc(Cl)cc1. The van der Waals surface area contributed by atoms with E-state index in [1.54, 1.807) is 38.1 Å². The minimum atomic E-state index is -1.13. The molecule has 0 saturated heterocycles. The Morgan fingerprint density at radius 1 is 0.838 bits per heavy atom. The van der Waals surface area contributed by atoms with Gasteiger partial charge in [-0.2, -0.15) is 0 Å². The first-order valence-electron chi connectivity index (χ1n) is 11.8. The summed E-state index contributed by atoms with van der Waals surface area (Å²) in [6.45, 7) is 5.46. The first kappa shape index (κ1) is 25.9. The molecule has 0 spiro atoms. The van der Waals surface area contributed by atoms with Gasteiger partial charge in [0.2, 0.25) is 0 Å². The van der Waals surface area contributed by atoms with Crippen LogP contribution in [0, 0.1) is 6.92 Å². The van der Waals surface area contributed by atoms with E-state index in [9.17, 15) is 9.59 Å². The smallest absolute Gasteiger partial charge is 0.268 e. The molecule has 6 heteroatoms. The first-order chi connectivity index (χ1) is 17.8. The summed E-state index contributed by atoms with van der Waals surface area (Å²) in [7, 11) is 0. The van der Waals surface area contributed by atoms with Gasteiger partial charge in [0.15, 0.2) is 5.60 Å². The largest absolute Gasteiger partial charge is 0.478 e. The Labute approximate surface area is 221 Å². The predicted octanol–water partition coefficient (Wildman–Crippen LogP) is 7.65. The van der Waals surface area contributed by atoms with Crippen LogP contribution in [0.2, 0.25) is 5.02 Å². The summed E-state index contributed by atoms with van der Waals surface area (Å²) in [6.07, 6.45) is 0.765. The monoisotopic (exact) mass is 510 g/mol. The van der Waals surface area contributed by atoms with Crippen molar-refractivity contribution in [2.75, 3.05) is 5.32 Å². The molecule has 0 bridgehead atoms. The van der Waals surface area contributed by atoms with Gasteiger partial charge in [0.1, 0.15) is 12.0 Å². The van der Waals surface area contributed by atoms with E-state index in [2.05, 4.69) is 10.3 Å². The molecule has 5 aromatic rings. The van der Waals surface area contributed by atoms with Gasteiger partial charge in [-0.05, 0) is 69.3 Å². The molecule has 5 nitrogen and oxygen atoms in total. The number of nitrogens with one attached hydrogen (secondary N) is 1. The second-order valence-electron chi connectivity index (χ2n) is 9.07. The maximum Gasteiger partial charge on any atom is 0.268 e. The lowest BCUT2D eigenvalue weighted by Crippen LogP contribution is -2.42. The molecule has 5 rings (SSSR count). The Hall–Kier alpha value is -4.22. The number of hydrogen-bond donors (Lipinski definition) is 1. The van der Waals surface area contributed by atoms with Crippen molar-refractivity contribution in [3.63, 3.8) is 0 Å². The predicted molar refractivity (Wildman–Crippen MR) is 151 cm³/mol. The molecular weight excluding hydrogens is 484 g/mol. The average molecular weight is 511 g/mol. The lowest BCUT2D eigenvalue weighted by atomic mass is 10.0. The third-order valence-electron chi connectivity index (χ3n) is 5.77. The number of halogens is 1. The van der Waals surface area contributed by atoms with Crippen LogP contribution in [0.5, 0.6) is 5.75 Å². The highest BCUT2D eigenvalue weighted by Crippen LogP contribution is 2.31. The molecule has 1 N–H and O–H groups in total. The van der Waals surface area contributed by atoms with Gasteiger partial charge in [-0.3, -0.25) is 9.59 Å². The lowest BCUT2D eigenvalue weighted by molar-refractivity contribution is -0.128. The third kappa shape index (κ3) is 6.32. The highest BCUT2D eigenvalue weighted by molar-refractivity contribution is 6.30. The van der Waals surface area contributed by atoms with Crippen LogP contribution in [0.25, 0.3) is 21.8 Å². The van der Waals surface area contributed by atoms with Crippen LogP contribution in [0.3, 0.4) is 0 Å². The summed E-state index contributed by atoms with van der Waals surface area (Å²) in [5.41, 5.74) is 3.00. The molecule has 0 unspecified atom stereocenters. The Morgan fingerprint density at radius 3 is 1.89 bits per heavy atom. The highest BCUT2D eigenvalue weighted by atomic mass is 35.5. The van der Waals surface area contributed by atoms with Gasteiger partial charge < -0.3 is 10.1 Å². The van der Waals surface area contributed by atoms with Crippen molar-refractivity contribution >= 4 is 51.3 Å². The van der Waals surface area contributed by atoms with Gasteiger partial charge in [0.05, 0.1) is 16.7 Å². The number of aldehydes is 1. The number of carbonyl (C=O) groups is 2. The number of hydrogen-bond acceptors (Lipinski definition) is 4.